The molecule has 2 aromatic rings. The van der Waals surface area contributed by atoms with Crippen LogP contribution in [0.1, 0.15) is 40.6 Å². The fourth-order valence-electron chi connectivity index (χ4n) is 2.90. The van der Waals surface area contributed by atoms with Gasteiger partial charge in [-0.15, -0.1) is 11.3 Å². The highest BCUT2D eigenvalue weighted by molar-refractivity contribution is 7.09. The summed E-state index contributed by atoms with van der Waals surface area (Å²) in [7, 11) is 0. The van der Waals surface area contributed by atoms with E-state index in [0.29, 0.717) is 6.42 Å². The molecule has 0 aliphatic carbocycles. The molecule has 1 amide bonds. The number of aryl methyl sites for hydroxylation is 2. The first-order valence-electron chi connectivity index (χ1n) is 7.62. The van der Waals surface area contributed by atoms with E-state index in [1.807, 2.05) is 34.5 Å². The number of carbonyl (C=O) groups excluding carboxylic acids is 2. The maximum Gasteiger partial charge on any atom is 0.227 e. The quantitative estimate of drug-likeness (QED) is 0.804. The molecule has 0 fully saturated rings. The number of rotatable bonds is 4. The van der Waals surface area contributed by atoms with Gasteiger partial charge in [0.25, 0.3) is 0 Å². The first kappa shape index (κ1) is 15.0. The lowest BCUT2D eigenvalue weighted by molar-refractivity contribution is -0.118. The molecule has 22 heavy (non-hydrogen) atoms. The van der Waals surface area contributed by atoms with Crippen molar-refractivity contribution in [1.29, 1.82) is 0 Å². The largest absolute Gasteiger partial charge is 0.312 e. The molecular formula is C18H19NO2S. The number of thiophene rings is 1. The third-order valence-electron chi connectivity index (χ3n) is 4.07. The predicted octanol–water partition coefficient (Wildman–Crippen LogP) is 3.86. The highest BCUT2D eigenvalue weighted by Crippen LogP contribution is 2.29. The maximum absolute atomic E-state index is 12.5. The second-order valence-corrected chi connectivity index (χ2v) is 6.66. The van der Waals surface area contributed by atoms with E-state index in [1.165, 1.54) is 4.88 Å². The van der Waals surface area contributed by atoms with Crippen LogP contribution in [-0.4, -0.2) is 18.2 Å². The molecule has 0 bridgehead atoms. The van der Waals surface area contributed by atoms with E-state index in [9.17, 15) is 9.59 Å². The van der Waals surface area contributed by atoms with Crippen molar-refractivity contribution in [3.8, 4) is 0 Å². The second-order valence-electron chi connectivity index (χ2n) is 5.63. The summed E-state index contributed by atoms with van der Waals surface area (Å²) in [6.45, 7) is 2.35. The van der Waals surface area contributed by atoms with Gasteiger partial charge in [-0.25, -0.2) is 0 Å². The predicted molar refractivity (Wildman–Crippen MR) is 89.8 cm³/mol. The molecule has 0 spiro atoms. The minimum atomic E-state index is 0.0731. The topological polar surface area (TPSA) is 37.4 Å². The number of benzene rings is 1. The Hall–Kier alpha value is -1.94. The Morgan fingerprint density at radius 1 is 1.27 bits per heavy atom. The second kappa shape index (κ2) is 6.44. The fourth-order valence-corrected chi connectivity index (χ4v) is 3.60. The van der Waals surface area contributed by atoms with Crippen LogP contribution in [0.5, 0.6) is 0 Å². The third kappa shape index (κ3) is 3.12. The van der Waals surface area contributed by atoms with Crippen molar-refractivity contribution in [2.45, 2.75) is 32.6 Å². The molecule has 0 saturated heterocycles. The molecule has 1 aromatic carbocycles. The van der Waals surface area contributed by atoms with Crippen LogP contribution in [0.4, 0.5) is 5.69 Å². The third-order valence-corrected chi connectivity index (χ3v) is 5.01. The molecule has 3 rings (SSSR count). The summed E-state index contributed by atoms with van der Waals surface area (Å²) < 4.78 is 0. The molecular weight excluding hydrogens is 294 g/mol. The molecule has 0 atom stereocenters. The summed E-state index contributed by atoms with van der Waals surface area (Å²) in [6.07, 6.45) is 3.23. The Labute approximate surface area is 134 Å². The average Bonchev–Trinajstić information content (AvgIpc) is 3.04. The smallest absolute Gasteiger partial charge is 0.227 e. The highest BCUT2D eigenvalue weighted by Gasteiger charge is 2.22. The summed E-state index contributed by atoms with van der Waals surface area (Å²) in [6, 6.07) is 9.78. The van der Waals surface area contributed by atoms with E-state index in [0.717, 1.165) is 42.6 Å². The van der Waals surface area contributed by atoms with Gasteiger partial charge in [0, 0.05) is 29.1 Å². The Morgan fingerprint density at radius 2 is 2.14 bits per heavy atom. The summed E-state index contributed by atoms with van der Waals surface area (Å²) in [5, 5.41) is 2.04. The lowest BCUT2D eigenvalue weighted by Crippen LogP contribution is -2.35. The van der Waals surface area contributed by atoms with Crippen molar-refractivity contribution in [1.82, 2.24) is 0 Å². The Balaban J connectivity index is 1.76. The lowest BCUT2D eigenvalue weighted by atomic mass is 9.97. The summed E-state index contributed by atoms with van der Waals surface area (Å²) in [5.74, 6) is 0.244. The van der Waals surface area contributed by atoms with Crippen LogP contribution >= 0.6 is 11.3 Å². The van der Waals surface area contributed by atoms with Gasteiger partial charge in [0.15, 0.2) is 5.78 Å². The van der Waals surface area contributed by atoms with Gasteiger partial charge in [0.05, 0.1) is 0 Å². The minimum Gasteiger partial charge on any atom is -0.312 e. The zero-order valence-electron chi connectivity index (χ0n) is 12.7. The van der Waals surface area contributed by atoms with Gasteiger partial charge < -0.3 is 4.90 Å². The normalized spacial score (nSPS) is 13.8. The van der Waals surface area contributed by atoms with E-state index >= 15 is 0 Å². The zero-order valence-corrected chi connectivity index (χ0v) is 13.5. The molecule has 2 heterocycles. The van der Waals surface area contributed by atoms with Crippen molar-refractivity contribution in [2.75, 3.05) is 11.4 Å². The molecule has 0 N–H and O–H groups in total. The number of hydrogen-bond donors (Lipinski definition) is 0. The Bertz CT molecular complexity index is 691. The molecule has 1 aliphatic rings. The van der Waals surface area contributed by atoms with Gasteiger partial charge in [-0.05, 0) is 61.4 Å². The molecule has 4 heteroatoms. The minimum absolute atomic E-state index is 0.0731. The van der Waals surface area contributed by atoms with Crippen molar-refractivity contribution in [3.63, 3.8) is 0 Å². The van der Waals surface area contributed by atoms with Gasteiger partial charge in [-0.1, -0.05) is 6.07 Å². The standard InChI is InChI=1S/C18H19NO2S/c1-13(20)14-6-8-17-15(12-14)4-2-10-19(17)18(21)9-7-16-5-3-11-22-16/h3,5-6,8,11-12H,2,4,7,9-10H2,1H3. The Morgan fingerprint density at radius 3 is 2.86 bits per heavy atom. The number of nitrogens with zero attached hydrogens (tertiary/aromatic N) is 1. The van der Waals surface area contributed by atoms with Crippen molar-refractivity contribution in [3.05, 3.63) is 51.7 Å². The molecule has 1 aromatic heterocycles. The van der Waals surface area contributed by atoms with Crippen LogP contribution < -0.4 is 4.90 Å². The van der Waals surface area contributed by atoms with E-state index in [-0.39, 0.29) is 11.7 Å². The zero-order chi connectivity index (χ0) is 15.5. The average molecular weight is 313 g/mol. The fraction of sp³-hybridized carbons (Fsp3) is 0.333. The lowest BCUT2D eigenvalue weighted by Gasteiger charge is -2.30. The van der Waals surface area contributed by atoms with Gasteiger partial charge in [0.2, 0.25) is 5.91 Å². The molecule has 0 saturated carbocycles. The monoisotopic (exact) mass is 313 g/mol. The molecule has 0 unspecified atom stereocenters. The van der Waals surface area contributed by atoms with E-state index in [1.54, 1.807) is 18.3 Å². The van der Waals surface area contributed by atoms with E-state index in [2.05, 4.69) is 6.07 Å². The van der Waals surface area contributed by atoms with E-state index in [4.69, 9.17) is 0 Å². The molecule has 0 radical (unpaired) electrons. The number of amides is 1. The number of fused-ring (bicyclic) bond motifs is 1. The van der Waals surface area contributed by atoms with Gasteiger partial charge >= 0.3 is 0 Å². The van der Waals surface area contributed by atoms with Crippen LogP contribution in [0.25, 0.3) is 0 Å². The number of Topliss-reactive ketones (excluding diaryl/α,β-unsaturated/α-hetero) is 1. The van der Waals surface area contributed by atoms with Crippen molar-refractivity contribution < 1.29 is 9.59 Å². The summed E-state index contributed by atoms with van der Waals surface area (Å²) in [4.78, 5) is 27.2. The summed E-state index contributed by atoms with van der Waals surface area (Å²) >= 11 is 1.69. The highest BCUT2D eigenvalue weighted by atomic mass is 32.1. The van der Waals surface area contributed by atoms with Gasteiger partial charge in [0.1, 0.15) is 0 Å². The van der Waals surface area contributed by atoms with Crippen LogP contribution in [-0.2, 0) is 17.6 Å². The SMILES string of the molecule is CC(=O)c1ccc2c(c1)CCCN2C(=O)CCc1cccs1. The summed E-state index contributed by atoms with van der Waals surface area (Å²) in [5.41, 5.74) is 2.82. The van der Waals surface area contributed by atoms with Gasteiger partial charge in [-0.2, -0.15) is 0 Å². The van der Waals surface area contributed by atoms with Crippen LogP contribution in [0.2, 0.25) is 0 Å². The van der Waals surface area contributed by atoms with Crippen LogP contribution in [0.15, 0.2) is 35.7 Å². The van der Waals surface area contributed by atoms with Crippen molar-refractivity contribution >= 4 is 28.7 Å². The molecule has 1 aliphatic heterocycles. The van der Waals surface area contributed by atoms with Crippen molar-refractivity contribution in [2.24, 2.45) is 0 Å². The number of ketones is 1. The number of anilines is 1. The van der Waals surface area contributed by atoms with Crippen LogP contribution in [0.3, 0.4) is 0 Å². The number of carbonyl (C=O) groups is 2. The first-order valence-corrected chi connectivity index (χ1v) is 8.50. The van der Waals surface area contributed by atoms with Crippen LogP contribution in [0, 0.1) is 0 Å². The maximum atomic E-state index is 12.5. The first-order chi connectivity index (χ1) is 10.6. The Kier molecular flexibility index (Phi) is 4.39. The number of hydrogen-bond acceptors (Lipinski definition) is 3. The molecule has 3 nitrogen and oxygen atoms in total. The van der Waals surface area contributed by atoms with E-state index < -0.39 is 0 Å². The van der Waals surface area contributed by atoms with Gasteiger partial charge in [-0.3, -0.25) is 9.59 Å². The molecule has 114 valence electrons.